The van der Waals surface area contributed by atoms with Gasteiger partial charge in [0.1, 0.15) is 4.32 Å². The lowest BCUT2D eigenvalue weighted by atomic mass is 10.1. The highest BCUT2D eigenvalue weighted by Crippen LogP contribution is 2.35. The van der Waals surface area contributed by atoms with Gasteiger partial charge in [-0.05, 0) is 43.0 Å². The zero-order valence-corrected chi connectivity index (χ0v) is 17.7. The number of unbranched alkanes of at least 4 members (excludes halogenated alkanes) is 2. The van der Waals surface area contributed by atoms with Crippen molar-refractivity contribution < 1.29 is 24.2 Å². The number of carbonyl (C=O) groups excluding carboxylic acids is 1. The first-order valence-electron chi connectivity index (χ1n) is 9.24. The van der Waals surface area contributed by atoms with Crippen LogP contribution in [0.1, 0.15) is 44.6 Å². The summed E-state index contributed by atoms with van der Waals surface area (Å²) >= 11 is 6.62. The maximum atomic E-state index is 12.7. The maximum absolute atomic E-state index is 12.7. The van der Waals surface area contributed by atoms with Crippen LogP contribution in [-0.4, -0.2) is 46.5 Å². The van der Waals surface area contributed by atoms with Crippen molar-refractivity contribution >= 4 is 46.3 Å². The van der Waals surface area contributed by atoms with Crippen LogP contribution in [0.4, 0.5) is 0 Å². The molecule has 6 nitrogen and oxygen atoms in total. The van der Waals surface area contributed by atoms with E-state index < -0.39 is 5.97 Å². The van der Waals surface area contributed by atoms with Crippen LogP contribution < -0.4 is 9.47 Å². The molecule has 0 radical (unpaired) electrons. The topological polar surface area (TPSA) is 76.1 Å². The molecule has 0 unspecified atom stereocenters. The Morgan fingerprint density at radius 2 is 2.07 bits per heavy atom. The molecule has 0 atom stereocenters. The summed E-state index contributed by atoms with van der Waals surface area (Å²) in [6, 6.07) is 5.55. The number of rotatable bonds is 11. The zero-order chi connectivity index (χ0) is 20.5. The van der Waals surface area contributed by atoms with Gasteiger partial charge >= 0.3 is 5.97 Å². The van der Waals surface area contributed by atoms with E-state index in [0.29, 0.717) is 40.3 Å². The first-order valence-corrected chi connectivity index (χ1v) is 10.5. The van der Waals surface area contributed by atoms with E-state index in [-0.39, 0.29) is 12.3 Å². The third-order valence-corrected chi connectivity index (χ3v) is 5.47. The van der Waals surface area contributed by atoms with Gasteiger partial charge < -0.3 is 14.6 Å². The lowest BCUT2D eigenvalue weighted by Gasteiger charge is -2.13. The van der Waals surface area contributed by atoms with Crippen LogP contribution in [0.15, 0.2) is 23.1 Å². The number of thiocarbonyl (C=S) groups is 1. The van der Waals surface area contributed by atoms with Crippen LogP contribution in [0.5, 0.6) is 11.5 Å². The molecule has 0 bridgehead atoms. The minimum absolute atomic E-state index is 0.112. The summed E-state index contributed by atoms with van der Waals surface area (Å²) < 4.78 is 11.6. The van der Waals surface area contributed by atoms with Crippen molar-refractivity contribution in [2.75, 3.05) is 20.3 Å². The smallest absolute Gasteiger partial charge is 0.303 e. The Balaban J connectivity index is 2.01. The van der Waals surface area contributed by atoms with E-state index in [9.17, 15) is 9.59 Å². The number of carboxylic acids is 1. The molecule has 0 spiro atoms. The third kappa shape index (κ3) is 6.24. The second-order valence-electron chi connectivity index (χ2n) is 6.30. The summed E-state index contributed by atoms with van der Waals surface area (Å²) in [5.74, 6) is 0.389. The van der Waals surface area contributed by atoms with Crippen molar-refractivity contribution in [2.24, 2.45) is 0 Å². The van der Waals surface area contributed by atoms with E-state index in [0.717, 1.165) is 24.8 Å². The second-order valence-corrected chi connectivity index (χ2v) is 7.97. The van der Waals surface area contributed by atoms with Crippen molar-refractivity contribution in [3.63, 3.8) is 0 Å². The van der Waals surface area contributed by atoms with E-state index >= 15 is 0 Å². The number of hydrogen-bond donors (Lipinski definition) is 1. The summed E-state index contributed by atoms with van der Waals surface area (Å²) in [6.45, 7) is 3.16. The number of carbonyl (C=O) groups is 2. The van der Waals surface area contributed by atoms with Gasteiger partial charge in [-0.25, -0.2) is 0 Å². The summed E-state index contributed by atoms with van der Waals surface area (Å²) in [6.07, 6.45) is 4.94. The molecule has 1 aliphatic rings. The molecular formula is C20H25NO5S2. The first kappa shape index (κ1) is 22.2. The molecule has 0 aromatic heterocycles. The minimum Gasteiger partial charge on any atom is -0.493 e. The second kappa shape index (κ2) is 11.1. The Morgan fingerprint density at radius 1 is 1.29 bits per heavy atom. The maximum Gasteiger partial charge on any atom is 0.303 e. The fourth-order valence-electron chi connectivity index (χ4n) is 2.67. The van der Waals surface area contributed by atoms with Gasteiger partial charge in [0.25, 0.3) is 5.91 Å². The Morgan fingerprint density at radius 3 is 2.75 bits per heavy atom. The minimum atomic E-state index is -0.796. The summed E-state index contributed by atoms with van der Waals surface area (Å²) in [4.78, 5) is 25.4. The Labute approximate surface area is 174 Å². The van der Waals surface area contributed by atoms with E-state index in [4.69, 9.17) is 26.8 Å². The molecule has 1 aliphatic heterocycles. The highest BCUT2D eigenvalue weighted by Gasteiger charge is 2.31. The largest absolute Gasteiger partial charge is 0.493 e. The quantitative estimate of drug-likeness (QED) is 0.322. The van der Waals surface area contributed by atoms with Crippen LogP contribution in [0.25, 0.3) is 6.08 Å². The molecule has 28 heavy (non-hydrogen) atoms. The van der Waals surface area contributed by atoms with Crippen LogP contribution in [-0.2, 0) is 9.59 Å². The molecule has 1 fully saturated rings. The summed E-state index contributed by atoms with van der Waals surface area (Å²) in [5.41, 5.74) is 0.836. The number of aliphatic carboxylic acids is 1. The molecule has 0 aliphatic carbocycles. The fourth-order valence-corrected chi connectivity index (χ4v) is 3.98. The van der Waals surface area contributed by atoms with Gasteiger partial charge in [-0.1, -0.05) is 43.4 Å². The van der Waals surface area contributed by atoms with Crippen LogP contribution in [0.3, 0.4) is 0 Å². The van der Waals surface area contributed by atoms with Gasteiger partial charge in [0.15, 0.2) is 11.5 Å². The van der Waals surface area contributed by atoms with Gasteiger partial charge in [0.05, 0.1) is 18.6 Å². The molecule has 1 N–H and O–H groups in total. The average molecular weight is 424 g/mol. The molecule has 2 rings (SSSR count). The lowest BCUT2D eigenvalue weighted by Crippen LogP contribution is -2.29. The van der Waals surface area contributed by atoms with E-state index in [1.54, 1.807) is 18.1 Å². The summed E-state index contributed by atoms with van der Waals surface area (Å²) in [7, 11) is 1.59. The Bertz CT molecular complexity index is 763. The third-order valence-electron chi connectivity index (χ3n) is 4.09. The number of methoxy groups -OCH3 is 1. The van der Waals surface area contributed by atoms with Crippen LogP contribution in [0, 0.1) is 0 Å². The molecule has 1 aromatic rings. The molecule has 1 saturated heterocycles. The molecule has 8 heteroatoms. The number of amides is 1. The van der Waals surface area contributed by atoms with Crippen molar-refractivity contribution in [1.29, 1.82) is 0 Å². The van der Waals surface area contributed by atoms with Gasteiger partial charge in [-0.15, -0.1) is 0 Å². The molecule has 0 saturated carbocycles. The number of ether oxygens (including phenoxy) is 2. The molecule has 1 aromatic carbocycles. The SMILES string of the molecule is CCCOc1ccc(/C=C2\SC(=S)N(CCCCCC(=O)O)C2=O)cc1OC. The molecule has 152 valence electrons. The van der Waals surface area contributed by atoms with E-state index in [1.165, 1.54) is 11.8 Å². The molecule has 1 amide bonds. The average Bonchev–Trinajstić information content (AvgIpc) is 2.93. The highest BCUT2D eigenvalue weighted by atomic mass is 32.2. The number of nitrogens with zero attached hydrogens (tertiary/aromatic N) is 1. The van der Waals surface area contributed by atoms with Crippen molar-refractivity contribution in [2.45, 2.75) is 39.0 Å². The number of carboxylic acid groups (broad SMARTS) is 1. The fraction of sp³-hybridized carbons (Fsp3) is 0.450. The summed E-state index contributed by atoms with van der Waals surface area (Å²) in [5, 5.41) is 8.67. The van der Waals surface area contributed by atoms with Gasteiger partial charge in [-0.2, -0.15) is 0 Å². The predicted octanol–water partition coefficient (Wildman–Crippen LogP) is 4.33. The van der Waals surface area contributed by atoms with Gasteiger partial charge in [0, 0.05) is 13.0 Å². The lowest BCUT2D eigenvalue weighted by molar-refractivity contribution is -0.137. The van der Waals surface area contributed by atoms with E-state index in [2.05, 4.69) is 0 Å². The normalized spacial score (nSPS) is 15.4. The van der Waals surface area contributed by atoms with Gasteiger partial charge in [-0.3, -0.25) is 14.5 Å². The highest BCUT2D eigenvalue weighted by molar-refractivity contribution is 8.26. The zero-order valence-electron chi connectivity index (χ0n) is 16.1. The van der Waals surface area contributed by atoms with Crippen LogP contribution >= 0.6 is 24.0 Å². The van der Waals surface area contributed by atoms with Crippen molar-refractivity contribution in [3.8, 4) is 11.5 Å². The number of thioether (sulfide) groups is 1. The number of benzene rings is 1. The van der Waals surface area contributed by atoms with Gasteiger partial charge in [0.2, 0.25) is 0 Å². The van der Waals surface area contributed by atoms with Crippen LogP contribution in [0.2, 0.25) is 0 Å². The Kier molecular flexibility index (Phi) is 8.79. The monoisotopic (exact) mass is 423 g/mol. The Hall–Kier alpha value is -2.06. The molecular weight excluding hydrogens is 398 g/mol. The molecule has 1 heterocycles. The predicted molar refractivity (Wildman–Crippen MR) is 115 cm³/mol. The van der Waals surface area contributed by atoms with E-state index in [1.807, 2.05) is 25.1 Å². The van der Waals surface area contributed by atoms with Crippen molar-refractivity contribution in [3.05, 3.63) is 28.7 Å². The van der Waals surface area contributed by atoms with Crippen molar-refractivity contribution in [1.82, 2.24) is 4.90 Å². The standard InChI is InChI=1S/C20H25NO5S2/c1-3-11-26-15-9-8-14(12-16(15)25-2)13-17-19(24)21(20(27)28-17)10-6-4-5-7-18(22)23/h8-9,12-13H,3-7,10-11H2,1-2H3,(H,22,23)/b17-13-. The first-order chi connectivity index (χ1) is 13.5. The number of hydrogen-bond acceptors (Lipinski definition) is 6.